The summed E-state index contributed by atoms with van der Waals surface area (Å²) in [6.07, 6.45) is 1.94. The number of rotatable bonds is 2. The Morgan fingerprint density at radius 2 is 2.20 bits per heavy atom. The standard InChI is InChI=1S/C11H12N2O2/c12-8-9-2-1-3-11(13-9)15-10-4-6-14-7-5-10/h1-3,10H,4-7H2. The van der Waals surface area contributed by atoms with E-state index in [1.54, 1.807) is 18.2 Å². The Kier molecular flexibility index (Phi) is 3.15. The third-order valence-electron chi connectivity index (χ3n) is 2.29. The molecule has 0 bridgehead atoms. The lowest BCUT2D eigenvalue weighted by atomic mass is 10.1. The summed E-state index contributed by atoms with van der Waals surface area (Å²) in [5.74, 6) is 0.529. The van der Waals surface area contributed by atoms with Gasteiger partial charge in [0.15, 0.2) is 0 Å². The van der Waals surface area contributed by atoms with Crippen LogP contribution in [0.4, 0.5) is 0 Å². The monoisotopic (exact) mass is 204 g/mol. The molecule has 0 atom stereocenters. The van der Waals surface area contributed by atoms with Gasteiger partial charge in [-0.1, -0.05) is 6.07 Å². The molecule has 0 aliphatic carbocycles. The zero-order valence-electron chi connectivity index (χ0n) is 8.35. The van der Waals surface area contributed by atoms with Crippen molar-refractivity contribution in [1.29, 1.82) is 5.26 Å². The molecule has 0 unspecified atom stereocenters. The minimum absolute atomic E-state index is 0.167. The predicted molar refractivity (Wildman–Crippen MR) is 53.4 cm³/mol. The molecule has 1 aromatic heterocycles. The average Bonchev–Trinajstić information content (AvgIpc) is 2.31. The normalized spacial score (nSPS) is 17.0. The van der Waals surface area contributed by atoms with E-state index in [1.807, 2.05) is 6.07 Å². The Hall–Kier alpha value is -1.60. The van der Waals surface area contributed by atoms with Gasteiger partial charge in [-0.15, -0.1) is 0 Å². The molecule has 0 amide bonds. The summed E-state index contributed by atoms with van der Waals surface area (Å²) in [7, 11) is 0. The van der Waals surface area contributed by atoms with Crippen LogP contribution in [0.3, 0.4) is 0 Å². The molecule has 1 aliphatic heterocycles. The molecule has 0 spiro atoms. The van der Waals surface area contributed by atoms with Gasteiger partial charge in [0.2, 0.25) is 5.88 Å². The Morgan fingerprint density at radius 1 is 1.40 bits per heavy atom. The van der Waals surface area contributed by atoms with Crippen LogP contribution in [0.1, 0.15) is 18.5 Å². The van der Waals surface area contributed by atoms with Crippen LogP contribution in [0.5, 0.6) is 5.88 Å². The molecule has 0 saturated carbocycles. The molecule has 0 aromatic carbocycles. The summed E-state index contributed by atoms with van der Waals surface area (Å²) in [6.45, 7) is 1.48. The second kappa shape index (κ2) is 4.76. The third-order valence-corrected chi connectivity index (χ3v) is 2.29. The van der Waals surface area contributed by atoms with Gasteiger partial charge in [-0.05, 0) is 6.07 Å². The minimum Gasteiger partial charge on any atom is -0.474 e. The van der Waals surface area contributed by atoms with E-state index in [0.29, 0.717) is 11.6 Å². The van der Waals surface area contributed by atoms with Crippen LogP contribution in [0, 0.1) is 11.3 Å². The van der Waals surface area contributed by atoms with Crippen LogP contribution in [-0.2, 0) is 4.74 Å². The first-order valence-electron chi connectivity index (χ1n) is 5.00. The van der Waals surface area contributed by atoms with Crippen molar-refractivity contribution in [2.75, 3.05) is 13.2 Å². The number of nitriles is 1. The number of hydrogen-bond acceptors (Lipinski definition) is 4. The Morgan fingerprint density at radius 3 is 2.93 bits per heavy atom. The molecule has 2 heterocycles. The highest BCUT2D eigenvalue weighted by Gasteiger charge is 2.15. The Bertz CT molecular complexity index is 367. The zero-order valence-corrected chi connectivity index (χ0v) is 8.35. The number of hydrogen-bond donors (Lipinski definition) is 0. The van der Waals surface area contributed by atoms with Crippen molar-refractivity contribution in [1.82, 2.24) is 4.98 Å². The second-order valence-electron chi connectivity index (χ2n) is 3.40. The van der Waals surface area contributed by atoms with E-state index < -0.39 is 0 Å². The van der Waals surface area contributed by atoms with Crippen LogP contribution >= 0.6 is 0 Å². The Labute approximate surface area is 88.5 Å². The van der Waals surface area contributed by atoms with E-state index in [4.69, 9.17) is 14.7 Å². The first kappa shape index (κ1) is 9.94. The first-order valence-corrected chi connectivity index (χ1v) is 5.00. The lowest BCUT2D eigenvalue weighted by Gasteiger charge is -2.22. The van der Waals surface area contributed by atoms with E-state index in [9.17, 15) is 0 Å². The fraction of sp³-hybridized carbons (Fsp3) is 0.455. The van der Waals surface area contributed by atoms with E-state index in [0.717, 1.165) is 26.1 Å². The van der Waals surface area contributed by atoms with E-state index in [1.165, 1.54) is 0 Å². The van der Waals surface area contributed by atoms with Crippen molar-refractivity contribution in [3.8, 4) is 11.9 Å². The molecule has 78 valence electrons. The quantitative estimate of drug-likeness (QED) is 0.732. The molecule has 1 aromatic rings. The summed E-state index contributed by atoms with van der Waals surface area (Å²) in [5.41, 5.74) is 0.388. The van der Waals surface area contributed by atoms with E-state index >= 15 is 0 Å². The summed E-state index contributed by atoms with van der Waals surface area (Å²) in [6, 6.07) is 7.20. The molecule has 2 rings (SSSR count). The van der Waals surface area contributed by atoms with Crippen molar-refractivity contribution in [2.45, 2.75) is 18.9 Å². The zero-order chi connectivity index (χ0) is 10.5. The SMILES string of the molecule is N#Cc1cccc(OC2CCOCC2)n1. The number of aromatic nitrogens is 1. The maximum absolute atomic E-state index is 8.68. The van der Waals surface area contributed by atoms with Gasteiger partial charge in [0.1, 0.15) is 17.9 Å². The van der Waals surface area contributed by atoms with Gasteiger partial charge >= 0.3 is 0 Å². The molecule has 1 fully saturated rings. The molecule has 0 N–H and O–H groups in total. The molecule has 1 saturated heterocycles. The number of ether oxygens (including phenoxy) is 2. The summed E-state index contributed by atoms with van der Waals surface area (Å²) >= 11 is 0. The van der Waals surface area contributed by atoms with Crippen molar-refractivity contribution in [3.63, 3.8) is 0 Å². The van der Waals surface area contributed by atoms with Gasteiger partial charge in [-0.2, -0.15) is 5.26 Å². The van der Waals surface area contributed by atoms with Gasteiger partial charge in [0.05, 0.1) is 13.2 Å². The van der Waals surface area contributed by atoms with Gasteiger partial charge in [-0.3, -0.25) is 0 Å². The van der Waals surface area contributed by atoms with Crippen molar-refractivity contribution < 1.29 is 9.47 Å². The van der Waals surface area contributed by atoms with Crippen LogP contribution < -0.4 is 4.74 Å². The molecule has 1 aliphatic rings. The number of nitrogens with zero attached hydrogens (tertiary/aromatic N) is 2. The topological polar surface area (TPSA) is 55.1 Å². The lowest BCUT2D eigenvalue weighted by molar-refractivity contribution is 0.0237. The van der Waals surface area contributed by atoms with Gasteiger partial charge in [0, 0.05) is 18.9 Å². The fourth-order valence-electron chi connectivity index (χ4n) is 1.51. The van der Waals surface area contributed by atoms with Crippen LogP contribution in [0.15, 0.2) is 18.2 Å². The van der Waals surface area contributed by atoms with Gasteiger partial charge < -0.3 is 9.47 Å². The van der Waals surface area contributed by atoms with E-state index in [2.05, 4.69) is 4.98 Å². The summed E-state index contributed by atoms with van der Waals surface area (Å²) in [4.78, 5) is 4.06. The molecular formula is C11H12N2O2. The minimum atomic E-state index is 0.167. The van der Waals surface area contributed by atoms with Crippen LogP contribution in [-0.4, -0.2) is 24.3 Å². The highest BCUT2D eigenvalue weighted by molar-refractivity contribution is 5.24. The number of pyridine rings is 1. The van der Waals surface area contributed by atoms with Crippen molar-refractivity contribution in [2.24, 2.45) is 0 Å². The second-order valence-corrected chi connectivity index (χ2v) is 3.40. The molecule has 0 radical (unpaired) electrons. The first-order chi connectivity index (χ1) is 7.38. The largest absolute Gasteiger partial charge is 0.474 e. The molecule has 4 nitrogen and oxygen atoms in total. The van der Waals surface area contributed by atoms with Gasteiger partial charge in [0.25, 0.3) is 0 Å². The highest BCUT2D eigenvalue weighted by Crippen LogP contribution is 2.15. The molecular weight excluding hydrogens is 192 g/mol. The lowest BCUT2D eigenvalue weighted by Crippen LogP contribution is -2.26. The van der Waals surface area contributed by atoms with E-state index in [-0.39, 0.29) is 6.10 Å². The average molecular weight is 204 g/mol. The third kappa shape index (κ3) is 2.67. The molecule has 15 heavy (non-hydrogen) atoms. The fourth-order valence-corrected chi connectivity index (χ4v) is 1.51. The summed E-state index contributed by atoms with van der Waals surface area (Å²) in [5, 5.41) is 8.68. The van der Waals surface area contributed by atoms with Crippen LogP contribution in [0.2, 0.25) is 0 Å². The maximum Gasteiger partial charge on any atom is 0.214 e. The van der Waals surface area contributed by atoms with Crippen molar-refractivity contribution >= 4 is 0 Å². The predicted octanol–water partition coefficient (Wildman–Crippen LogP) is 1.51. The highest BCUT2D eigenvalue weighted by atomic mass is 16.5. The summed E-state index contributed by atoms with van der Waals surface area (Å²) < 4.78 is 10.9. The smallest absolute Gasteiger partial charge is 0.214 e. The maximum atomic E-state index is 8.68. The Balaban J connectivity index is 2.00. The van der Waals surface area contributed by atoms with Crippen LogP contribution in [0.25, 0.3) is 0 Å². The van der Waals surface area contributed by atoms with Crippen molar-refractivity contribution in [3.05, 3.63) is 23.9 Å². The van der Waals surface area contributed by atoms with Gasteiger partial charge in [-0.25, -0.2) is 4.98 Å². The molecule has 4 heteroatoms.